The van der Waals surface area contributed by atoms with Crippen LogP contribution in [0, 0.1) is 17.6 Å². The van der Waals surface area contributed by atoms with Crippen molar-refractivity contribution in [2.45, 2.75) is 17.7 Å². The van der Waals surface area contributed by atoms with Crippen molar-refractivity contribution in [1.82, 2.24) is 4.31 Å². The van der Waals surface area contributed by atoms with Gasteiger partial charge in [-0.3, -0.25) is 4.79 Å². The number of ether oxygens (including phenoxy) is 2. The van der Waals surface area contributed by atoms with Crippen molar-refractivity contribution in [2.75, 3.05) is 26.3 Å². The molecule has 0 saturated carbocycles. The van der Waals surface area contributed by atoms with E-state index in [1.165, 1.54) is 28.6 Å². The minimum absolute atomic E-state index is 0.0183. The zero-order valence-corrected chi connectivity index (χ0v) is 16.4. The first kappa shape index (κ1) is 21.2. The molecule has 156 valence electrons. The average Bonchev–Trinajstić information content (AvgIpc) is 2.72. The highest BCUT2D eigenvalue weighted by molar-refractivity contribution is 7.89. The molecule has 9 heteroatoms. The van der Waals surface area contributed by atoms with Gasteiger partial charge >= 0.3 is 5.97 Å². The smallest absolute Gasteiger partial charge is 0.309 e. The molecule has 0 N–H and O–H groups in total. The first-order valence-electron chi connectivity index (χ1n) is 9.17. The Balaban J connectivity index is 1.44. The highest BCUT2D eigenvalue weighted by atomic mass is 32.2. The van der Waals surface area contributed by atoms with Crippen molar-refractivity contribution in [2.24, 2.45) is 5.92 Å². The molecular formula is C20H21F2NO5S. The number of nitrogens with zero attached hydrogens (tertiary/aromatic N) is 1. The van der Waals surface area contributed by atoms with Gasteiger partial charge in [-0.15, -0.1) is 0 Å². The molecule has 0 bridgehead atoms. The summed E-state index contributed by atoms with van der Waals surface area (Å²) in [5, 5.41) is 0. The van der Waals surface area contributed by atoms with E-state index in [2.05, 4.69) is 0 Å². The van der Waals surface area contributed by atoms with Crippen LogP contribution in [0.5, 0.6) is 5.75 Å². The summed E-state index contributed by atoms with van der Waals surface area (Å²) < 4.78 is 63.3. The van der Waals surface area contributed by atoms with Crippen LogP contribution < -0.4 is 4.74 Å². The molecule has 0 aromatic heterocycles. The number of carbonyl (C=O) groups excluding carboxylic acids is 1. The van der Waals surface area contributed by atoms with Crippen LogP contribution in [0.2, 0.25) is 0 Å². The van der Waals surface area contributed by atoms with Crippen LogP contribution in [-0.2, 0) is 19.6 Å². The predicted octanol–water partition coefficient (Wildman–Crippen LogP) is 2.99. The zero-order chi connectivity index (χ0) is 20.9. The summed E-state index contributed by atoms with van der Waals surface area (Å²) in [6.07, 6.45) is 0.654. The molecule has 0 amide bonds. The molecule has 1 saturated heterocycles. The summed E-state index contributed by atoms with van der Waals surface area (Å²) in [6, 6.07) is 10.6. The number of hydrogen-bond acceptors (Lipinski definition) is 5. The van der Waals surface area contributed by atoms with Crippen LogP contribution in [0.3, 0.4) is 0 Å². The fourth-order valence-corrected chi connectivity index (χ4v) is 4.53. The maximum atomic E-state index is 13.4. The number of benzene rings is 2. The molecule has 1 aliphatic heterocycles. The van der Waals surface area contributed by atoms with Gasteiger partial charge in [0.1, 0.15) is 19.0 Å². The lowest BCUT2D eigenvalue weighted by atomic mass is 9.98. The second-order valence-electron chi connectivity index (χ2n) is 6.58. The van der Waals surface area contributed by atoms with E-state index >= 15 is 0 Å². The first-order chi connectivity index (χ1) is 13.9. The molecule has 1 aliphatic rings. The van der Waals surface area contributed by atoms with E-state index in [0.29, 0.717) is 12.8 Å². The summed E-state index contributed by atoms with van der Waals surface area (Å²) in [4.78, 5) is 12.2. The highest BCUT2D eigenvalue weighted by Crippen LogP contribution is 2.25. The molecule has 1 heterocycles. The van der Waals surface area contributed by atoms with E-state index in [-0.39, 0.29) is 36.9 Å². The molecule has 0 atom stereocenters. The van der Waals surface area contributed by atoms with Crippen LogP contribution in [-0.4, -0.2) is 45.0 Å². The van der Waals surface area contributed by atoms with Crippen molar-refractivity contribution in [3.63, 3.8) is 0 Å². The van der Waals surface area contributed by atoms with Gasteiger partial charge in [0.05, 0.1) is 10.8 Å². The number of piperidine rings is 1. The van der Waals surface area contributed by atoms with E-state index in [0.717, 1.165) is 12.1 Å². The van der Waals surface area contributed by atoms with E-state index in [4.69, 9.17) is 9.47 Å². The van der Waals surface area contributed by atoms with Gasteiger partial charge in [0.15, 0.2) is 11.6 Å². The number of carbonyl (C=O) groups is 1. The number of esters is 1. The molecule has 3 rings (SSSR count). The van der Waals surface area contributed by atoms with Gasteiger partial charge < -0.3 is 9.47 Å². The van der Waals surface area contributed by atoms with Gasteiger partial charge in [-0.05, 0) is 49.2 Å². The van der Waals surface area contributed by atoms with Gasteiger partial charge in [0.25, 0.3) is 0 Å². The molecule has 0 radical (unpaired) electrons. The highest BCUT2D eigenvalue weighted by Gasteiger charge is 2.32. The third-order valence-corrected chi connectivity index (χ3v) is 6.57. The van der Waals surface area contributed by atoms with Crippen LogP contribution in [0.25, 0.3) is 0 Å². The SMILES string of the molecule is O=C(OCCOc1ccccc1F)C1CCN(S(=O)(=O)c2ccc(F)cc2)CC1. The van der Waals surface area contributed by atoms with E-state index in [1.54, 1.807) is 12.1 Å². The topological polar surface area (TPSA) is 72.9 Å². The molecule has 0 spiro atoms. The van der Waals surface area contributed by atoms with E-state index in [9.17, 15) is 22.0 Å². The summed E-state index contributed by atoms with van der Waals surface area (Å²) in [6.45, 7) is 0.335. The molecular weight excluding hydrogens is 404 g/mol. The molecule has 1 fully saturated rings. The molecule has 2 aromatic carbocycles. The van der Waals surface area contributed by atoms with Crippen LogP contribution in [0.15, 0.2) is 53.4 Å². The van der Waals surface area contributed by atoms with Gasteiger partial charge in [-0.25, -0.2) is 17.2 Å². The van der Waals surface area contributed by atoms with Crippen molar-refractivity contribution < 1.29 is 31.5 Å². The number of rotatable bonds is 7. The lowest BCUT2D eigenvalue weighted by Gasteiger charge is -2.30. The predicted molar refractivity (Wildman–Crippen MR) is 101 cm³/mol. The van der Waals surface area contributed by atoms with Gasteiger partial charge in [0.2, 0.25) is 10.0 Å². The summed E-state index contributed by atoms with van der Waals surface area (Å²) in [5.41, 5.74) is 0. The summed E-state index contributed by atoms with van der Waals surface area (Å²) >= 11 is 0. The van der Waals surface area contributed by atoms with Gasteiger partial charge in [-0.2, -0.15) is 4.31 Å². The Kier molecular flexibility index (Phi) is 6.81. The lowest BCUT2D eigenvalue weighted by molar-refractivity contribution is -0.150. The van der Waals surface area contributed by atoms with Crippen LogP contribution in [0.4, 0.5) is 8.78 Å². The zero-order valence-electron chi connectivity index (χ0n) is 15.6. The number of para-hydroxylation sites is 1. The maximum Gasteiger partial charge on any atom is 0.309 e. The van der Waals surface area contributed by atoms with Gasteiger partial charge in [-0.1, -0.05) is 12.1 Å². The molecule has 2 aromatic rings. The van der Waals surface area contributed by atoms with Crippen molar-refractivity contribution in [3.8, 4) is 5.75 Å². The fourth-order valence-electron chi connectivity index (χ4n) is 3.06. The van der Waals surface area contributed by atoms with E-state index in [1.807, 2.05) is 0 Å². The third-order valence-electron chi connectivity index (χ3n) is 4.66. The van der Waals surface area contributed by atoms with Crippen molar-refractivity contribution in [1.29, 1.82) is 0 Å². The summed E-state index contributed by atoms with van der Waals surface area (Å²) in [5.74, 6) is -1.76. The Labute approximate surface area is 168 Å². The Morgan fingerprint density at radius 1 is 1.00 bits per heavy atom. The Bertz CT molecular complexity index is 942. The molecule has 6 nitrogen and oxygen atoms in total. The number of hydrogen-bond donors (Lipinski definition) is 0. The minimum atomic E-state index is -3.72. The average molecular weight is 425 g/mol. The van der Waals surface area contributed by atoms with Crippen LogP contribution >= 0.6 is 0 Å². The second-order valence-corrected chi connectivity index (χ2v) is 8.52. The van der Waals surface area contributed by atoms with E-state index < -0.39 is 33.5 Å². The number of sulfonamides is 1. The van der Waals surface area contributed by atoms with Crippen molar-refractivity contribution >= 4 is 16.0 Å². The minimum Gasteiger partial charge on any atom is -0.487 e. The maximum absolute atomic E-state index is 13.4. The second kappa shape index (κ2) is 9.32. The Hall–Kier alpha value is -2.52. The molecule has 0 aliphatic carbocycles. The monoisotopic (exact) mass is 425 g/mol. The quantitative estimate of drug-likeness (QED) is 0.504. The fraction of sp³-hybridized carbons (Fsp3) is 0.350. The first-order valence-corrected chi connectivity index (χ1v) is 10.6. The van der Waals surface area contributed by atoms with Crippen molar-refractivity contribution in [3.05, 3.63) is 60.2 Å². The molecule has 29 heavy (non-hydrogen) atoms. The largest absolute Gasteiger partial charge is 0.487 e. The normalized spacial score (nSPS) is 15.8. The summed E-state index contributed by atoms with van der Waals surface area (Å²) in [7, 11) is -3.72. The standard InChI is InChI=1S/C20H21F2NO5S/c21-16-5-7-17(8-6-16)29(25,26)23-11-9-15(10-12-23)20(24)28-14-13-27-19-4-2-1-3-18(19)22/h1-8,15H,9-14H2. The lowest BCUT2D eigenvalue weighted by Crippen LogP contribution is -2.40. The van der Waals surface area contributed by atoms with Gasteiger partial charge in [0, 0.05) is 13.1 Å². The molecule has 0 unspecified atom stereocenters. The Morgan fingerprint density at radius 3 is 2.31 bits per heavy atom. The Morgan fingerprint density at radius 2 is 1.66 bits per heavy atom. The number of halogens is 2. The van der Waals surface area contributed by atoms with Crippen LogP contribution in [0.1, 0.15) is 12.8 Å². The third kappa shape index (κ3) is 5.30.